The first kappa shape index (κ1) is 13.8. The quantitative estimate of drug-likeness (QED) is 0.340. The zero-order valence-corrected chi connectivity index (χ0v) is 11.1. The highest BCUT2D eigenvalue weighted by Crippen LogP contribution is 2.13. The molecular weight excluding hydrogens is 256 g/mol. The summed E-state index contributed by atoms with van der Waals surface area (Å²) in [6.07, 6.45) is 2.24. The van der Waals surface area contributed by atoms with Gasteiger partial charge in [0.25, 0.3) is 5.91 Å². The molecule has 1 unspecified atom stereocenters. The van der Waals surface area contributed by atoms with Crippen LogP contribution in [0.1, 0.15) is 23.7 Å². The molecule has 6 nitrogen and oxygen atoms in total. The Morgan fingerprint density at radius 2 is 2.30 bits per heavy atom. The second-order valence-corrected chi connectivity index (χ2v) is 4.37. The third kappa shape index (κ3) is 2.85. The van der Waals surface area contributed by atoms with Crippen molar-refractivity contribution in [3.8, 4) is 0 Å². The number of nitrogens with zero attached hydrogens (tertiary/aromatic N) is 2. The number of nitrogens with two attached hydrogens (primary N) is 1. The standard InChI is InChI=1S/C14H16N4O2/c1-2-11(13(15)18-20)17-14(19)10-5-6-12-9(8-10)4-3-7-16-12/h3-8,11,20H,2H2,1H3,(H2,15,18)(H,17,19). The summed E-state index contributed by atoms with van der Waals surface area (Å²) >= 11 is 0. The number of amidine groups is 1. The summed E-state index contributed by atoms with van der Waals surface area (Å²) in [5.74, 6) is -0.280. The second kappa shape index (κ2) is 6.01. The lowest BCUT2D eigenvalue weighted by Gasteiger charge is -2.15. The summed E-state index contributed by atoms with van der Waals surface area (Å²) in [4.78, 5) is 16.4. The average molecular weight is 272 g/mol. The highest BCUT2D eigenvalue weighted by Gasteiger charge is 2.16. The van der Waals surface area contributed by atoms with Gasteiger partial charge in [0.05, 0.1) is 11.6 Å². The molecule has 1 amide bonds. The lowest BCUT2D eigenvalue weighted by Crippen LogP contribution is -2.44. The van der Waals surface area contributed by atoms with Gasteiger partial charge in [0.1, 0.15) is 0 Å². The molecule has 0 aliphatic rings. The molecule has 0 saturated heterocycles. The topological polar surface area (TPSA) is 101 Å². The zero-order valence-electron chi connectivity index (χ0n) is 11.1. The lowest BCUT2D eigenvalue weighted by atomic mass is 10.1. The largest absolute Gasteiger partial charge is 0.409 e. The molecule has 1 heterocycles. The van der Waals surface area contributed by atoms with E-state index < -0.39 is 6.04 Å². The van der Waals surface area contributed by atoms with Gasteiger partial charge in [-0.1, -0.05) is 18.1 Å². The van der Waals surface area contributed by atoms with Gasteiger partial charge in [-0.25, -0.2) is 0 Å². The monoisotopic (exact) mass is 272 g/mol. The van der Waals surface area contributed by atoms with Gasteiger partial charge in [-0.05, 0) is 30.7 Å². The van der Waals surface area contributed by atoms with Crippen molar-refractivity contribution in [3.05, 3.63) is 42.1 Å². The van der Waals surface area contributed by atoms with Crippen molar-refractivity contribution in [2.45, 2.75) is 19.4 Å². The summed E-state index contributed by atoms with van der Waals surface area (Å²) in [6, 6.07) is 8.46. The van der Waals surface area contributed by atoms with E-state index in [4.69, 9.17) is 10.9 Å². The molecule has 2 aromatic rings. The predicted octanol–water partition coefficient (Wildman–Crippen LogP) is 1.49. The Bertz CT molecular complexity index is 654. The van der Waals surface area contributed by atoms with Crippen LogP contribution in [-0.2, 0) is 0 Å². The minimum Gasteiger partial charge on any atom is -0.409 e. The molecule has 20 heavy (non-hydrogen) atoms. The predicted molar refractivity (Wildman–Crippen MR) is 76.7 cm³/mol. The Hall–Kier alpha value is -2.63. The lowest BCUT2D eigenvalue weighted by molar-refractivity contribution is 0.0945. The Morgan fingerprint density at radius 1 is 1.50 bits per heavy atom. The normalized spacial score (nSPS) is 13.2. The highest BCUT2D eigenvalue weighted by atomic mass is 16.4. The number of amides is 1. The third-order valence-corrected chi connectivity index (χ3v) is 3.05. The Kier molecular flexibility index (Phi) is 4.14. The van der Waals surface area contributed by atoms with Gasteiger partial charge in [-0.3, -0.25) is 9.78 Å². The van der Waals surface area contributed by atoms with E-state index in [-0.39, 0.29) is 11.7 Å². The van der Waals surface area contributed by atoms with Crippen molar-refractivity contribution < 1.29 is 10.0 Å². The van der Waals surface area contributed by atoms with E-state index in [9.17, 15) is 4.79 Å². The van der Waals surface area contributed by atoms with E-state index in [0.717, 1.165) is 10.9 Å². The maximum absolute atomic E-state index is 12.2. The SMILES string of the molecule is CCC(NC(=O)c1ccc2ncccc2c1)C(N)=NO. The first-order valence-electron chi connectivity index (χ1n) is 6.28. The number of carbonyl (C=O) groups excluding carboxylic acids is 1. The average Bonchev–Trinajstić information content (AvgIpc) is 2.51. The highest BCUT2D eigenvalue weighted by molar-refractivity contribution is 6.00. The minimum absolute atomic E-state index is 0.0108. The maximum atomic E-state index is 12.2. The smallest absolute Gasteiger partial charge is 0.251 e. The van der Waals surface area contributed by atoms with Crippen LogP contribution in [0, 0.1) is 0 Å². The molecule has 0 saturated carbocycles. The number of pyridine rings is 1. The van der Waals surface area contributed by atoms with Crippen LogP contribution in [0.2, 0.25) is 0 Å². The molecule has 1 aromatic carbocycles. The third-order valence-electron chi connectivity index (χ3n) is 3.05. The van der Waals surface area contributed by atoms with E-state index in [2.05, 4.69) is 15.5 Å². The van der Waals surface area contributed by atoms with Gasteiger partial charge in [0.15, 0.2) is 5.84 Å². The van der Waals surface area contributed by atoms with E-state index in [1.807, 2.05) is 19.1 Å². The number of carbonyl (C=O) groups is 1. The number of hydrogen-bond acceptors (Lipinski definition) is 4. The van der Waals surface area contributed by atoms with Crippen molar-refractivity contribution in [1.82, 2.24) is 10.3 Å². The summed E-state index contributed by atoms with van der Waals surface area (Å²) < 4.78 is 0. The Morgan fingerprint density at radius 3 is 3.00 bits per heavy atom. The van der Waals surface area contributed by atoms with Gasteiger partial charge >= 0.3 is 0 Å². The number of benzene rings is 1. The summed E-state index contributed by atoms with van der Waals surface area (Å²) in [6.45, 7) is 1.84. The number of hydrogen-bond donors (Lipinski definition) is 3. The summed E-state index contributed by atoms with van der Waals surface area (Å²) in [5, 5.41) is 15.2. The van der Waals surface area contributed by atoms with Gasteiger partial charge < -0.3 is 16.3 Å². The molecule has 1 atom stereocenters. The van der Waals surface area contributed by atoms with Gasteiger partial charge in [-0.15, -0.1) is 0 Å². The van der Waals surface area contributed by atoms with Crippen molar-refractivity contribution in [1.29, 1.82) is 0 Å². The molecule has 0 spiro atoms. The molecular formula is C14H16N4O2. The molecule has 4 N–H and O–H groups in total. The van der Waals surface area contributed by atoms with Crippen molar-refractivity contribution in [3.63, 3.8) is 0 Å². The van der Waals surface area contributed by atoms with Crippen molar-refractivity contribution in [2.24, 2.45) is 10.9 Å². The van der Waals surface area contributed by atoms with E-state index >= 15 is 0 Å². The van der Waals surface area contributed by atoms with Crippen LogP contribution in [0.5, 0.6) is 0 Å². The first-order chi connectivity index (χ1) is 9.65. The fraction of sp³-hybridized carbons (Fsp3) is 0.214. The Balaban J connectivity index is 2.22. The van der Waals surface area contributed by atoms with Gasteiger partial charge in [0, 0.05) is 17.1 Å². The number of oxime groups is 1. The van der Waals surface area contributed by atoms with E-state index in [1.54, 1.807) is 24.4 Å². The number of rotatable bonds is 4. The maximum Gasteiger partial charge on any atom is 0.251 e. The molecule has 2 rings (SSSR count). The molecule has 0 bridgehead atoms. The molecule has 1 aromatic heterocycles. The molecule has 0 fully saturated rings. The van der Waals surface area contributed by atoms with Crippen LogP contribution in [0.25, 0.3) is 10.9 Å². The zero-order chi connectivity index (χ0) is 14.5. The summed E-state index contributed by atoms with van der Waals surface area (Å²) in [7, 11) is 0. The van der Waals surface area contributed by atoms with Gasteiger partial charge in [0.2, 0.25) is 0 Å². The first-order valence-corrected chi connectivity index (χ1v) is 6.28. The summed E-state index contributed by atoms with van der Waals surface area (Å²) in [5.41, 5.74) is 6.86. The number of nitrogens with one attached hydrogen (secondary N) is 1. The van der Waals surface area contributed by atoms with Crippen LogP contribution in [0.3, 0.4) is 0 Å². The van der Waals surface area contributed by atoms with Crippen LogP contribution in [0.15, 0.2) is 41.7 Å². The van der Waals surface area contributed by atoms with E-state index in [1.165, 1.54) is 0 Å². The molecule has 0 radical (unpaired) electrons. The fourth-order valence-electron chi connectivity index (χ4n) is 1.91. The molecule has 0 aliphatic heterocycles. The van der Waals surface area contributed by atoms with E-state index in [0.29, 0.717) is 12.0 Å². The number of fused-ring (bicyclic) bond motifs is 1. The van der Waals surface area contributed by atoms with Crippen LogP contribution < -0.4 is 11.1 Å². The van der Waals surface area contributed by atoms with Crippen molar-refractivity contribution in [2.75, 3.05) is 0 Å². The molecule has 0 aliphatic carbocycles. The molecule has 6 heteroatoms. The van der Waals surface area contributed by atoms with Gasteiger partial charge in [-0.2, -0.15) is 0 Å². The molecule has 104 valence electrons. The van der Waals surface area contributed by atoms with Crippen LogP contribution in [-0.4, -0.2) is 28.0 Å². The Labute approximate surface area is 116 Å². The fourth-order valence-corrected chi connectivity index (χ4v) is 1.91. The van der Waals surface area contributed by atoms with Crippen LogP contribution >= 0.6 is 0 Å². The number of aromatic nitrogens is 1. The minimum atomic E-state index is -0.489. The van der Waals surface area contributed by atoms with Crippen LogP contribution in [0.4, 0.5) is 0 Å². The van der Waals surface area contributed by atoms with Crippen molar-refractivity contribution >= 4 is 22.6 Å². The second-order valence-electron chi connectivity index (χ2n) is 4.37.